The van der Waals surface area contributed by atoms with Gasteiger partial charge in [0, 0.05) is 23.8 Å². The van der Waals surface area contributed by atoms with Crippen molar-refractivity contribution in [2.75, 3.05) is 13.1 Å². The summed E-state index contributed by atoms with van der Waals surface area (Å²) in [5.41, 5.74) is 3.45. The van der Waals surface area contributed by atoms with E-state index >= 15 is 0 Å². The minimum Gasteiger partial charge on any atom is -0.338 e. The zero-order valence-electron chi connectivity index (χ0n) is 15.4. The van der Waals surface area contributed by atoms with Gasteiger partial charge in [0.15, 0.2) is 0 Å². The van der Waals surface area contributed by atoms with E-state index in [1.165, 1.54) is 6.42 Å². The average Bonchev–Trinajstić information content (AvgIpc) is 2.82. The molecule has 25 heavy (non-hydrogen) atoms. The van der Waals surface area contributed by atoms with Gasteiger partial charge in [-0.05, 0) is 43.7 Å². The number of aromatic nitrogens is 2. The Labute approximate surface area is 154 Å². The first-order valence-corrected chi connectivity index (χ1v) is 9.31. The molecule has 1 amide bonds. The molecular weight excluding hydrogens is 334 g/mol. The van der Waals surface area contributed by atoms with Crippen molar-refractivity contribution in [3.05, 3.63) is 51.8 Å². The lowest BCUT2D eigenvalue weighted by molar-refractivity contribution is 0.0621. The quantitative estimate of drug-likeness (QED) is 0.818. The Bertz CT molecular complexity index is 773. The highest BCUT2D eigenvalue weighted by Gasteiger charge is 2.29. The molecule has 0 aliphatic carbocycles. The number of rotatable bonds is 3. The molecule has 2 atom stereocenters. The lowest BCUT2D eigenvalue weighted by Crippen LogP contribution is -2.42. The third-order valence-electron chi connectivity index (χ3n) is 5.03. The predicted molar refractivity (Wildman–Crippen MR) is 101 cm³/mol. The van der Waals surface area contributed by atoms with Gasteiger partial charge in [0.05, 0.1) is 17.8 Å². The fourth-order valence-electron chi connectivity index (χ4n) is 3.94. The lowest BCUT2D eigenvalue weighted by atomic mass is 9.91. The summed E-state index contributed by atoms with van der Waals surface area (Å²) in [6.45, 7) is 10.6. The molecule has 1 saturated heterocycles. The molecule has 5 heteroatoms. The molecule has 1 aromatic carbocycles. The van der Waals surface area contributed by atoms with Crippen LogP contribution in [0.5, 0.6) is 0 Å². The van der Waals surface area contributed by atoms with Crippen LogP contribution in [0.1, 0.15) is 47.6 Å². The molecule has 3 rings (SSSR count). The molecule has 1 aliphatic rings. The zero-order valence-corrected chi connectivity index (χ0v) is 16.2. The number of hydrogen-bond donors (Lipinski definition) is 0. The van der Waals surface area contributed by atoms with Crippen molar-refractivity contribution in [2.24, 2.45) is 11.8 Å². The molecule has 0 radical (unpaired) electrons. The average molecular weight is 360 g/mol. The first-order chi connectivity index (χ1) is 11.9. The highest BCUT2D eigenvalue weighted by molar-refractivity contribution is 6.31. The van der Waals surface area contributed by atoms with Crippen molar-refractivity contribution < 1.29 is 4.79 Å². The number of carbonyl (C=O) groups is 1. The maximum Gasteiger partial charge on any atom is 0.257 e. The SMILES string of the molecule is Cc1nn(Cc2ccccc2Cl)c(C)c1C(=O)N1C[C@H](C)C[C@@H](C)C1. The highest BCUT2D eigenvalue weighted by atomic mass is 35.5. The second-order valence-corrected chi connectivity index (χ2v) is 7.86. The molecule has 2 aromatic rings. The highest BCUT2D eigenvalue weighted by Crippen LogP contribution is 2.25. The number of benzene rings is 1. The maximum absolute atomic E-state index is 13.1. The molecule has 0 bridgehead atoms. The Morgan fingerprint density at radius 1 is 1.20 bits per heavy atom. The molecular formula is C20H26ClN3O. The second kappa shape index (κ2) is 7.20. The summed E-state index contributed by atoms with van der Waals surface area (Å²) in [6, 6.07) is 7.76. The number of hydrogen-bond acceptors (Lipinski definition) is 2. The summed E-state index contributed by atoms with van der Waals surface area (Å²) < 4.78 is 1.89. The molecule has 0 spiro atoms. The van der Waals surface area contributed by atoms with E-state index in [0.29, 0.717) is 18.4 Å². The molecule has 1 aromatic heterocycles. The summed E-state index contributed by atoms with van der Waals surface area (Å²) in [6.07, 6.45) is 1.19. The van der Waals surface area contributed by atoms with Gasteiger partial charge in [-0.3, -0.25) is 9.48 Å². The molecule has 0 unspecified atom stereocenters. The van der Waals surface area contributed by atoms with Crippen LogP contribution in [0.2, 0.25) is 5.02 Å². The van der Waals surface area contributed by atoms with Crippen LogP contribution in [0.3, 0.4) is 0 Å². The maximum atomic E-state index is 13.1. The van der Waals surface area contributed by atoms with E-state index in [9.17, 15) is 4.79 Å². The third kappa shape index (κ3) is 3.74. The van der Waals surface area contributed by atoms with E-state index in [0.717, 1.165) is 40.6 Å². The van der Waals surface area contributed by atoms with Crippen LogP contribution >= 0.6 is 11.6 Å². The Balaban J connectivity index is 1.87. The van der Waals surface area contributed by atoms with Crippen LogP contribution in [0, 0.1) is 25.7 Å². The van der Waals surface area contributed by atoms with Gasteiger partial charge >= 0.3 is 0 Å². The van der Waals surface area contributed by atoms with Crippen LogP contribution in [-0.2, 0) is 6.54 Å². The van der Waals surface area contributed by atoms with E-state index in [1.807, 2.05) is 47.7 Å². The number of halogens is 1. The van der Waals surface area contributed by atoms with Crippen LogP contribution in [-0.4, -0.2) is 33.7 Å². The largest absolute Gasteiger partial charge is 0.338 e. The Hall–Kier alpha value is -1.81. The van der Waals surface area contributed by atoms with Crippen molar-refractivity contribution in [1.29, 1.82) is 0 Å². The van der Waals surface area contributed by atoms with Crippen molar-refractivity contribution in [2.45, 2.75) is 40.7 Å². The van der Waals surface area contributed by atoms with Crippen molar-refractivity contribution >= 4 is 17.5 Å². The van der Waals surface area contributed by atoms with E-state index in [2.05, 4.69) is 18.9 Å². The van der Waals surface area contributed by atoms with E-state index in [-0.39, 0.29) is 5.91 Å². The van der Waals surface area contributed by atoms with Crippen LogP contribution < -0.4 is 0 Å². The molecule has 134 valence electrons. The van der Waals surface area contributed by atoms with E-state index < -0.39 is 0 Å². The summed E-state index contributed by atoms with van der Waals surface area (Å²) >= 11 is 6.27. The van der Waals surface area contributed by atoms with Gasteiger partial charge in [-0.25, -0.2) is 0 Å². The summed E-state index contributed by atoms with van der Waals surface area (Å²) in [4.78, 5) is 15.1. The van der Waals surface area contributed by atoms with Gasteiger partial charge < -0.3 is 4.90 Å². The van der Waals surface area contributed by atoms with Gasteiger partial charge in [-0.1, -0.05) is 43.6 Å². The van der Waals surface area contributed by atoms with Gasteiger partial charge in [0.2, 0.25) is 0 Å². The molecule has 1 fully saturated rings. The number of likely N-dealkylation sites (tertiary alicyclic amines) is 1. The summed E-state index contributed by atoms with van der Waals surface area (Å²) in [5.74, 6) is 1.21. The first-order valence-electron chi connectivity index (χ1n) is 8.93. The first kappa shape index (κ1) is 18.0. The Kier molecular flexibility index (Phi) is 5.19. The fraction of sp³-hybridized carbons (Fsp3) is 0.500. The summed E-state index contributed by atoms with van der Waals surface area (Å²) in [5, 5.41) is 5.33. The summed E-state index contributed by atoms with van der Waals surface area (Å²) in [7, 11) is 0. The topological polar surface area (TPSA) is 38.1 Å². The number of nitrogens with zero attached hydrogens (tertiary/aromatic N) is 3. The van der Waals surface area contributed by atoms with Gasteiger partial charge in [-0.2, -0.15) is 5.10 Å². The van der Waals surface area contributed by atoms with Gasteiger partial charge in [0.25, 0.3) is 5.91 Å². The molecule has 0 N–H and O–H groups in total. The van der Waals surface area contributed by atoms with Crippen molar-refractivity contribution in [1.82, 2.24) is 14.7 Å². The monoisotopic (exact) mass is 359 g/mol. The number of amides is 1. The Morgan fingerprint density at radius 2 is 1.84 bits per heavy atom. The third-order valence-corrected chi connectivity index (χ3v) is 5.40. The van der Waals surface area contributed by atoms with E-state index in [1.54, 1.807) is 0 Å². The minimum absolute atomic E-state index is 0.110. The molecule has 1 aliphatic heterocycles. The van der Waals surface area contributed by atoms with Gasteiger partial charge in [-0.15, -0.1) is 0 Å². The molecule has 0 saturated carbocycles. The van der Waals surface area contributed by atoms with Crippen LogP contribution in [0.4, 0.5) is 0 Å². The minimum atomic E-state index is 0.110. The van der Waals surface area contributed by atoms with Crippen LogP contribution in [0.25, 0.3) is 0 Å². The Morgan fingerprint density at radius 3 is 2.48 bits per heavy atom. The van der Waals surface area contributed by atoms with E-state index in [4.69, 9.17) is 11.6 Å². The smallest absolute Gasteiger partial charge is 0.257 e. The van der Waals surface area contributed by atoms with Crippen molar-refractivity contribution in [3.8, 4) is 0 Å². The molecule has 4 nitrogen and oxygen atoms in total. The second-order valence-electron chi connectivity index (χ2n) is 7.45. The molecule has 2 heterocycles. The fourth-order valence-corrected chi connectivity index (χ4v) is 4.13. The number of carbonyl (C=O) groups excluding carboxylic acids is 1. The normalized spacial score (nSPS) is 20.8. The zero-order chi connectivity index (χ0) is 18.1. The van der Waals surface area contributed by atoms with Gasteiger partial charge in [0.1, 0.15) is 0 Å². The standard InChI is InChI=1S/C20H26ClN3O/c1-13-9-14(2)11-23(10-13)20(25)19-15(3)22-24(16(19)4)12-17-7-5-6-8-18(17)21/h5-8,13-14H,9-12H2,1-4H3/t13-,14-/m1/s1. The predicted octanol–water partition coefficient (Wildman–Crippen LogP) is 4.32. The van der Waals surface area contributed by atoms with Crippen molar-refractivity contribution in [3.63, 3.8) is 0 Å². The van der Waals surface area contributed by atoms with Crippen LogP contribution in [0.15, 0.2) is 24.3 Å². The lowest BCUT2D eigenvalue weighted by Gasteiger charge is -2.35. The number of piperidine rings is 1. The number of aryl methyl sites for hydroxylation is 1.